The number of carbonyl (C=O) groups excluding carboxylic acids is 1. The van der Waals surface area contributed by atoms with Crippen molar-refractivity contribution in [1.29, 1.82) is 0 Å². The van der Waals surface area contributed by atoms with Gasteiger partial charge >= 0.3 is 5.97 Å². The first-order valence-electron chi connectivity index (χ1n) is 7.64. The number of alkyl halides is 1. The lowest BCUT2D eigenvalue weighted by Gasteiger charge is -2.47. The highest BCUT2D eigenvalue weighted by atomic mass is 35.5. The first kappa shape index (κ1) is 21.1. The molecule has 9 nitrogen and oxygen atoms in total. The van der Waals surface area contributed by atoms with E-state index in [1.165, 1.54) is 0 Å². The van der Waals surface area contributed by atoms with Gasteiger partial charge in [0, 0.05) is 6.42 Å². The van der Waals surface area contributed by atoms with Crippen LogP contribution in [0.3, 0.4) is 0 Å². The minimum absolute atomic E-state index is 0.0635. The first-order valence-corrected chi connectivity index (χ1v) is 8.17. The zero-order valence-electron chi connectivity index (χ0n) is 13.3. The zero-order chi connectivity index (χ0) is 18.5. The molecule has 0 bridgehead atoms. The van der Waals surface area contributed by atoms with Crippen LogP contribution in [0.15, 0.2) is 0 Å². The summed E-state index contributed by atoms with van der Waals surface area (Å²) in [5.74, 6) is -2.38. The van der Waals surface area contributed by atoms with Crippen molar-refractivity contribution in [3.63, 3.8) is 0 Å². The molecule has 0 saturated carbocycles. The second-order valence-corrected chi connectivity index (χ2v) is 6.14. The molecule has 6 atom stereocenters. The van der Waals surface area contributed by atoms with Gasteiger partial charge in [-0.1, -0.05) is 13.3 Å². The van der Waals surface area contributed by atoms with Gasteiger partial charge in [-0.15, -0.1) is 11.6 Å². The molecule has 24 heavy (non-hydrogen) atoms. The zero-order valence-corrected chi connectivity index (χ0v) is 14.0. The number of aliphatic carboxylic acids is 1. The lowest BCUT2D eigenvalue weighted by atomic mass is 9.81. The summed E-state index contributed by atoms with van der Waals surface area (Å²) in [5, 5.41) is 51.1. The van der Waals surface area contributed by atoms with Crippen LogP contribution in [-0.4, -0.2) is 86.0 Å². The van der Waals surface area contributed by atoms with Crippen molar-refractivity contribution >= 4 is 23.5 Å². The highest BCUT2D eigenvalue weighted by Gasteiger charge is 2.53. The molecule has 0 aromatic carbocycles. The monoisotopic (exact) mass is 369 g/mol. The Bertz CT molecular complexity index is 450. The van der Waals surface area contributed by atoms with E-state index in [2.05, 4.69) is 5.32 Å². The maximum absolute atomic E-state index is 11.7. The number of rotatable bonds is 8. The third-order valence-corrected chi connectivity index (χ3v) is 4.32. The summed E-state index contributed by atoms with van der Waals surface area (Å²) in [5.41, 5.74) is -1.77. The molecule has 0 aromatic rings. The lowest BCUT2D eigenvalue weighted by Crippen LogP contribution is -2.67. The van der Waals surface area contributed by atoms with Gasteiger partial charge in [0.2, 0.25) is 5.91 Å². The number of ether oxygens (including phenoxy) is 1. The van der Waals surface area contributed by atoms with Crippen molar-refractivity contribution in [2.75, 3.05) is 12.5 Å². The molecule has 0 spiro atoms. The fourth-order valence-electron chi connectivity index (χ4n) is 2.89. The SMILES string of the molecule is CCC[C@@]1(C(=O)O)CC(O)[C@@H](NC(=O)CCl)C([C@H](O)C(O)CO)O1. The maximum atomic E-state index is 11.7. The molecule has 0 aromatic heterocycles. The Morgan fingerprint density at radius 3 is 2.50 bits per heavy atom. The normalized spacial score (nSPS) is 32.8. The van der Waals surface area contributed by atoms with Crippen molar-refractivity contribution in [3.05, 3.63) is 0 Å². The Labute approximate surface area is 144 Å². The van der Waals surface area contributed by atoms with Crippen LogP contribution in [0.1, 0.15) is 26.2 Å². The minimum atomic E-state index is -1.77. The summed E-state index contributed by atoms with van der Waals surface area (Å²) in [6.07, 6.45) is -5.95. The molecule has 1 saturated heterocycles. The molecule has 1 aliphatic heterocycles. The van der Waals surface area contributed by atoms with Crippen molar-refractivity contribution < 1.29 is 39.9 Å². The number of hydrogen-bond acceptors (Lipinski definition) is 7. The second-order valence-electron chi connectivity index (χ2n) is 5.87. The van der Waals surface area contributed by atoms with Gasteiger partial charge in [0.05, 0.1) is 18.8 Å². The molecule has 1 amide bonds. The van der Waals surface area contributed by atoms with Gasteiger partial charge in [0.15, 0.2) is 5.60 Å². The van der Waals surface area contributed by atoms with Crippen LogP contribution in [0.2, 0.25) is 0 Å². The summed E-state index contributed by atoms with van der Waals surface area (Å²) in [6.45, 7) is 0.928. The van der Waals surface area contributed by atoms with Crippen LogP contribution in [-0.2, 0) is 14.3 Å². The molecular formula is C14H24ClNO8. The van der Waals surface area contributed by atoms with Gasteiger partial charge in [0.1, 0.15) is 24.2 Å². The summed E-state index contributed by atoms with van der Waals surface area (Å²) >= 11 is 5.41. The third kappa shape index (κ3) is 4.56. The number of carboxylic acid groups (broad SMARTS) is 1. The van der Waals surface area contributed by atoms with E-state index in [4.69, 9.17) is 21.4 Å². The van der Waals surface area contributed by atoms with E-state index in [9.17, 15) is 30.0 Å². The Kier molecular flexibility index (Phi) is 7.84. The lowest BCUT2D eigenvalue weighted by molar-refractivity contribution is -0.231. The molecule has 3 unspecified atom stereocenters. The quantitative estimate of drug-likeness (QED) is 0.273. The van der Waals surface area contributed by atoms with Crippen molar-refractivity contribution in [2.24, 2.45) is 0 Å². The van der Waals surface area contributed by atoms with Crippen molar-refractivity contribution in [2.45, 2.75) is 62.2 Å². The smallest absolute Gasteiger partial charge is 0.336 e. The van der Waals surface area contributed by atoms with Crippen LogP contribution >= 0.6 is 11.6 Å². The van der Waals surface area contributed by atoms with E-state index in [-0.39, 0.29) is 12.8 Å². The van der Waals surface area contributed by atoms with Crippen molar-refractivity contribution in [3.8, 4) is 0 Å². The predicted molar refractivity (Wildman–Crippen MR) is 82.5 cm³/mol. The highest BCUT2D eigenvalue weighted by molar-refractivity contribution is 6.27. The number of aliphatic hydroxyl groups is 4. The van der Waals surface area contributed by atoms with Gasteiger partial charge in [-0.2, -0.15) is 0 Å². The van der Waals surface area contributed by atoms with E-state index in [1.807, 2.05) is 0 Å². The first-order chi connectivity index (χ1) is 11.2. The molecule has 140 valence electrons. The Morgan fingerprint density at radius 1 is 1.42 bits per heavy atom. The van der Waals surface area contributed by atoms with E-state index < -0.39 is 60.4 Å². The summed E-state index contributed by atoms with van der Waals surface area (Å²) < 4.78 is 5.55. The number of aliphatic hydroxyl groups excluding tert-OH is 4. The predicted octanol–water partition coefficient (Wildman–Crippen LogP) is -1.80. The Balaban J connectivity index is 3.17. The average molecular weight is 370 g/mol. The summed E-state index contributed by atoms with van der Waals surface area (Å²) in [7, 11) is 0. The Morgan fingerprint density at radius 2 is 2.04 bits per heavy atom. The topological polar surface area (TPSA) is 157 Å². The van der Waals surface area contributed by atoms with Crippen LogP contribution in [0.4, 0.5) is 0 Å². The van der Waals surface area contributed by atoms with Crippen LogP contribution in [0.25, 0.3) is 0 Å². The van der Waals surface area contributed by atoms with E-state index in [0.717, 1.165) is 0 Å². The minimum Gasteiger partial charge on any atom is -0.479 e. The van der Waals surface area contributed by atoms with Crippen LogP contribution < -0.4 is 5.32 Å². The molecule has 1 aliphatic rings. The number of amides is 1. The molecule has 10 heteroatoms. The number of carbonyl (C=O) groups is 2. The molecule has 0 radical (unpaired) electrons. The van der Waals surface area contributed by atoms with E-state index in [1.54, 1.807) is 6.92 Å². The molecule has 1 fully saturated rings. The largest absolute Gasteiger partial charge is 0.479 e. The highest BCUT2D eigenvalue weighted by Crippen LogP contribution is 2.35. The van der Waals surface area contributed by atoms with E-state index >= 15 is 0 Å². The maximum Gasteiger partial charge on any atom is 0.336 e. The van der Waals surface area contributed by atoms with E-state index in [0.29, 0.717) is 6.42 Å². The number of carboxylic acids is 1. The van der Waals surface area contributed by atoms with Crippen LogP contribution in [0.5, 0.6) is 0 Å². The fraction of sp³-hybridized carbons (Fsp3) is 0.857. The standard InChI is InChI=1S/C14H24ClNO8/c1-2-3-14(13(22)23)4-7(18)10(16-9(20)5-15)12(24-14)11(21)8(19)6-17/h7-8,10-12,17-19,21H,2-6H2,1H3,(H,16,20)(H,22,23)/t7?,8?,10-,11-,12?,14+/m1/s1. The molecule has 1 heterocycles. The van der Waals surface area contributed by atoms with Gasteiger partial charge < -0.3 is 35.6 Å². The summed E-state index contributed by atoms with van der Waals surface area (Å²) in [6, 6.07) is -1.18. The number of halogens is 1. The number of hydrogen-bond donors (Lipinski definition) is 6. The second kappa shape index (κ2) is 8.93. The van der Waals surface area contributed by atoms with Gasteiger partial charge in [-0.25, -0.2) is 4.79 Å². The van der Waals surface area contributed by atoms with Gasteiger partial charge in [-0.3, -0.25) is 4.79 Å². The molecular weight excluding hydrogens is 346 g/mol. The summed E-state index contributed by atoms with van der Waals surface area (Å²) in [4.78, 5) is 23.2. The average Bonchev–Trinajstić information content (AvgIpc) is 2.55. The van der Waals surface area contributed by atoms with Crippen LogP contribution in [0, 0.1) is 0 Å². The molecule has 6 N–H and O–H groups in total. The third-order valence-electron chi connectivity index (χ3n) is 4.08. The van der Waals surface area contributed by atoms with Gasteiger partial charge in [-0.05, 0) is 6.42 Å². The Hall–Kier alpha value is -0.970. The molecule has 0 aliphatic carbocycles. The van der Waals surface area contributed by atoms with Crippen molar-refractivity contribution in [1.82, 2.24) is 5.32 Å². The molecule has 1 rings (SSSR count). The number of nitrogens with one attached hydrogen (secondary N) is 1. The van der Waals surface area contributed by atoms with Gasteiger partial charge in [0.25, 0.3) is 0 Å². The fourth-order valence-corrected chi connectivity index (χ4v) is 2.96.